The van der Waals surface area contributed by atoms with Crippen LogP contribution in [-0.2, 0) is 16.0 Å². The molecule has 0 fully saturated rings. The van der Waals surface area contributed by atoms with Gasteiger partial charge in [0, 0.05) is 12.6 Å². The van der Waals surface area contributed by atoms with Crippen LogP contribution in [0.5, 0.6) is 0 Å². The van der Waals surface area contributed by atoms with Gasteiger partial charge in [0.1, 0.15) is 0 Å². The van der Waals surface area contributed by atoms with Gasteiger partial charge in [-0.05, 0) is 30.5 Å². The van der Waals surface area contributed by atoms with Gasteiger partial charge in [-0.3, -0.25) is 9.59 Å². The number of carboxylic acids is 1. The number of amides is 1. The molecule has 0 unspecified atom stereocenters. The molecule has 2 aromatic rings. The van der Waals surface area contributed by atoms with Crippen LogP contribution in [0.1, 0.15) is 25.8 Å². The molecule has 0 aliphatic heterocycles. The Hall–Kier alpha value is -2.62. The Bertz CT molecular complexity index is 678. The first kappa shape index (κ1) is 17.7. The second kappa shape index (κ2) is 8.29. The fraction of sp³-hybridized carbons (Fsp3) is 0.300. The summed E-state index contributed by atoms with van der Waals surface area (Å²) in [6, 6.07) is 18.0. The van der Waals surface area contributed by atoms with Gasteiger partial charge in [0.25, 0.3) is 0 Å². The van der Waals surface area contributed by atoms with Crippen molar-refractivity contribution in [3.63, 3.8) is 0 Å². The number of benzene rings is 2. The van der Waals surface area contributed by atoms with E-state index in [1.165, 1.54) is 0 Å². The third kappa shape index (κ3) is 4.95. The molecule has 0 aliphatic carbocycles. The molecule has 0 aromatic heterocycles. The van der Waals surface area contributed by atoms with Crippen LogP contribution in [0, 0.1) is 0 Å². The maximum absolute atomic E-state index is 12.5. The normalized spacial score (nSPS) is 10.6. The zero-order chi connectivity index (χ0) is 17.5. The number of nitrogens with zero attached hydrogens (tertiary/aromatic N) is 1. The van der Waals surface area contributed by atoms with Crippen molar-refractivity contribution in [1.29, 1.82) is 0 Å². The third-order valence-corrected chi connectivity index (χ3v) is 3.93. The van der Waals surface area contributed by atoms with Gasteiger partial charge in [0.2, 0.25) is 5.91 Å². The Morgan fingerprint density at radius 3 is 2.08 bits per heavy atom. The Balaban J connectivity index is 2.04. The lowest BCUT2D eigenvalue weighted by atomic mass is 10.0. The van der Waals surface area contributed by atoms with Gasteiger partial charge in [-0.25, -0.2) is 0 Å². The van der Waals surface area contributed by atoms with Gasteiger partial charge in [-0.2, -0.15) is 0 Å². The topological polar surface area (TPSA) is 57.6 Å². The molecule has 4 nitrogen and oxygen atoms in total. The highest BCUT2D eigenvalue weighted by Crippen LogP contribution is 2.19. The largest absolute Gasteiger partial charge is 0.481 e. The van der Waals surface area contributed by atoms with Crippen molar-refractivity contribution in [2.75, 3.05) is 6.54 Å². The Kier molecular flexibility index (Phi) is 6.13. The van der Waals surface area contributed by atoms with E-state index in [0.717, 1.165) is 16.7 Å². The molecule has 0 atom stereocenters. The maximum Gasteiger partial charge on any atom is 0.305 e. The fourth-order valence-corrected chi connectivity index (χ4v) is 2.61. The average Bonchev–Trinajstić information content (AvgIpc) is 2.56. The molecule has 0 heterocycles. The highest BCUT2D eigenvalue weighted by atomic mass is 16.4. The molecule has 0 bridgehead atoms. The summed E-state index contributed by atoms with van der Waals surface area (Å²) in [4.78, 5) is 24.8. The van der Waals surface area contributed by atoms with E-state index >= 15 is 0 Å². The zero-order valence-corrected chi connectivity index (χ0v) is 14.1. The van der Waals surface area contributed by atoms with E-state index < -0.39 is 5.97 Å². The van der Waals surface area contributed by atoms with Crippen molar-refractivity contribution < 1.29 is 14.7 Å². The lowest BCUT2D eigenvalue weighted by molar-refractivity contribution is -0.139. The summed E-state index contributed by atoms with van der Waals surface area (Å²) >= 11 is 0. The predicted octanol–water partition coefficient (Wildman–Crippen LogP) is 3.61. The third-order valence-electron chi connectivity index (χ3n) is 3.93. The summed E-state index contributed by atoms with van der Waals surface area (Å²) in [7, 11) is 0. The molecule has 0 aliphatic rings. The zero-order valence-electron chi connectivity index (χ0n) is 14.1. The van der Waals surface area contributed by atoms with E-state index in [2.05, 4.69) is 0 Å². The molecule has 24 heavy (non-hydrogen) atoms. The van der Waals surface area contributed by atoms with Crippen molar-refractivity contribution in [2.24, 2.45) is 0 Å². The Labute approximate surface area is 142 Å². The van der Waals surface area contributed by atoms with Crippen molar-refractivity contribution in [2.45, 2.75) is 32.7 Å². The van der Waals surface area contributed by atoms with Crippen molar-refractivity contribution in [3.05, 3.63) is 60.2 Å². The number of hydrogen-bond donors (Lipinski definition) is 1. The van der Waals surface area contributed by atoms with Crippen LogP contribution in [0.15, 0.2) is 54.6 Å². The maximum atomic E-state index is 12.5. The van der Waals surface area contributed by atoms with Crippen LogP contribution in [0.4, 0.5) is 0 Å². The number of hydrogen-bond acceptors (Lipinski definition) is 2. The molecule has 4 heteroatoms. The van der Waals surface area contributed by atoms with Crippen molar-refractivity contribution in [3.8, 4) is 11.1 Å². The smallest absolute Gasteiger partial charge is 0.305 e. The van der Waals surface area contributed by atoms with Crippen LogP contribution in [0.3, 0.4) is 0 Å². The molecule has 0 radical (unpaired) electrons. The van der Waals surface area contributed by atoms with Gasteiger partial charge in [-0.1, -0.05) is 54.6 Å². The number of carbonyl (C=O) groups is 2. The highest BCUT2D eigenvalue weighted by Gasteiger charge is 2.18. The molecule has 126 valence electrons. The first-order valence-corrected chi connectivity index (χ1v) is 8.13. The minimum absolute atomic E-state index is 0.0135. The Morgan fingerprint density at radius 1 is 0.958 bits per heavy atom. The van der Waals surface area contributed by atoms with E-state index in [0.29, 0.717) is 0 Å². The van der Waals surface area contributed by atoms with Crippen molar-refractivity contribution >= 4 is 11.9 Å². The van der Waals surface area contributed by atoms with Crippen LogP contribution in [0.25, 0.3) is 11.1 Å². The lowest BCUT2D eigenvalue weighted by Gasteiger charge is -2.26. The summed E-state index contributed by atoms with van der Waals surface area (Å²) in [5, 5.41) is 8.82. The SMILES string of the molecule is CC(C)N(CCC(=O)O)C(=O)Cc1ccc(-c2ccccc2)cc1. The van der Waals surface area contributed by atoms with Gasteiger partial charge in [0.05, 0.1) is 12.8 Å². The van der Waals surface area contributed by atoms with Crippen LogP contribution >= 0.6 is 0 Å². The molecule has 0 spiro atoms. The minimum atomic E-state index is -0.888. The van der Waals surface area contributed by atoms with E-state index in [1.54, 1.807) is 4.90 Å². The van der Waals surface area contributed by atoms with Crippen LogP contribution in [0.2, 0.25) is 0 Å². The molecule has 1 N–H and O–H groups in total. The van der Waals surface area contributed by atoms with E-state index in [-0.39, 0.29) is 31.3 Å². The molecule has 1 amide bonds. The molecular weight excluding hydrogens is 302 g/mol. The summed E-state index contributed by atoms with van der Waals surface area (Å²) in [5.41, 5.74) is 3.18. The summed E-state index contributed by atoms with van der Waals surface area (Å²) in [6.07, 6.45) is 0.254. The molecule has 2 rings (SSSR count). The fourth-order valence-electron chi connectivity index (χ4n) is 2.61. The standard InChI is InChI=1S/C20H23NO3/c1-15(2)21(13-12-20(23)24)19(22)14-16-8-10-18(11-9-16)17-6-4-3-5-7-17/h3-11,15H,12-14H2,1-2H3,(H,23,24). The Morgan fingerprint density at radius 2 is 1.54 bits per heavy atom. The second-order valence-electron chi connectivity index (χ2n) is 6.06. The van der Waals surface area contributed by atoms with Crippen LogP contribution < -0.4 is 0 Å². The van der Waals surface area contributed by atoms with Gasteiger partial charge >= 0.3 is 5.97 Å². The van der Waals surface area contributed by atoms with Gasteiger partial charge < -0.3 is 10.0 Å². The van der Waals surface area contributed by atoms with Gasteiger partial charge in [-0.15, -0.1) is 0 Å². The first-order chi connectivity index (χ1) is 11.5. The number of carboxylic acid groups (broad SMARTS) is 1. The van der Waals surface area contributed by atoms with E-state index in [4.69, 9.17) is 5.11 Å². The summed E-state index contributed by atoms with van der Waals surface area (Å²) in [6.45, 7) is 4.05. The van der Waals surface area contributed by atoms with E-state index in [1.807, 2.05) is 68.4 Å². The predicted molar refractivity (Wildman–Crippen MR) is 94.7 cm³/mol. The van der Waals surface area contributed by atoms with Gasteiger partial charge in [0.15, 0.2) is 0 Å². The summed E-state index contributed by atoms with van der Waals surface area (Å²) in [5.74, 6) is -0.931. The lowest BCUT2D eigenvalue weighted by Crippen LogP contribution is -2.39. The van der Waals surface area contributed by atoms with Crippen LogP contribution in [-0.4, -0.2) is 34.5 Å². The highest BCUT2D eigenvalue weighted by molar-refractivity contribution is 5.80. The molecule has 0 saturated carbocycles. The molecule has 0 saturated heterocycles. The minimum Gasteiger partial charge on any atom is -0.481 e. The molecular formula is C20H23NO3. The molecule has 2 aromatic carbocycles. The number of aliphatic carboxylic acids is 1. The monoisotopic (exact) mass is 325 g/mol. The average molecular weight is 325 g/mol. The van der Waals surface area contributed by atoms with E-state index in [9.17, 15) is 9.59 Å². The second-order valence-corrected chi connectivity index (χ2v) is 6.06. The number of carbonyl (C=O) groups excluding carboxylic acids is 1. The summed E-state index contributed by atoms with van der Waals surface area (Å²) < 4.78 is 0. The quantitative estimate of drug-likeness (QED) is 0.846. The number of rotatable bonds is 7. The first-order valence-electron chi connectivity index (χ1n) is 8.13. The van der Waals surface area contributed by atoms with Crippen molar-refractivity contribution in [1.82, 2.24) is 4.90 Å².